The van der Waals surface area contributed by atoms with Gasteiger partial charge >= 0.3 is 0 Å². The van der Waals surface area contributed by atoms with Crippen LogP contribution >= 0.6 is 0 Å². The Balaban J connectivity index is 1.82. The van der Waals surface area contributed by atoms with E-state index in [2.05, 4.69) is 20.8 Å². The fourth-order valence-corrected chi connectivity index (χ4v) is 1.56. The van der Waals surface area contributed by atoms with Gasteiger partial charge in [-0.05, 0) is 25.4 Å². The first-order chi connectivity index (χ1) is 7.28. The lowest BCUT2D eigenvalue weighted by Gasteiger charge is -2.26. The van der Waals surface area contributed by atoms with E-state index in [4.69, 9.17) is 0 Å². The molecule has 5 heteroatoms. The monoisotopic (exact) mass is 208 g/mol. The van der Waals surface area contributed by atoms with E-state index in [1.54, 1.807) is 0 Å². The molecule has 1 aliphatic rings. The third-order valence-electron chi connectivity index (χ3n) is 2.62. The number of aryl methyl sites for hydroxylation is 1. The summed E-state index contributed by atoms with van der Waals surface area (Å²) in [6.07, 6.45) is 1.48. The van der Waals surface area contributed by atoms with E-state index < -0.39 is 0 Å². The highest BCUT2D eigenvalue weighted by Crippen LogP contribution is 2.11. The summed E-state index contributed by atoms with van der Waals surface area (Å²) in [7, 11) is 0. The summed E-state index contributed by atoms with van der Waals surface area (Å²) in [5.41, 5.74) is 1.04. The van der Waals surface area contributed by atoms with E-state index in [-0.39, 0.29) is 5.91 Å². The van der Waals surface area contributed by atoms with Crippen LogP contribution in [0.2, 0.25) is 0 Å². The normalized spacial score (nSPS) is 16.1. The molecule has 1 fully saturated rings. The number of H-pyrrole nitrogens is 1. The summed E-state index contributed by atoms with van der Waals surface area (Å²) in [4.78, 5) is 11.5. The summed E-state index contributed by atoms with van der Waals surface area (Å²) in [5.74, 6) is 1.18. The molecule has 2 rings (SSSR count). The first-order valence-corrected chi connectivity index (χ1v) is 5.32. The number of carbonyl (C=O) groups excluding carboxylic acids is 1. The van der Waals surface area contributed by atoms with Crippen molar-refractivity contribution in [2.45, 2.75) is 19.8 Å². The van der Waals surface area contributed by atoms with Crippen molar-refractivity contribution < 1.29 is 4.79 Å². The Hall–Kier alpha value is -1.36. The van der Waals surface area contributed by atoms with E-state index in [0.29, 0.717) is 18.2 Å². The van der Waals surface area contributed by atoms with E-state index >= 15 is 0 Å². The van der Waals surface area contributed by atoms with Gasteiger partial charge in [-0.3, -0.25) is 9.89 Å². The molecule has 0 aromatic carbocycles. The van der Waals surface area contributed by atoms with Gasteiger partial charge in [0.2, 0.25) is 5.91 Å². The predicted molar refractivity (Wildman–Crippen MR) is 57.6 cm³/mol. The Morgan fingerprint density at radius 1 is 1.67 bits per heavy atom. The summed E-state index contributed by atoms with van der Waals surface area (Å²) in [5, 5.41) is 12.8. The highest BCUT2D eigenvalue weighted by atomic mass is 16.1. The van der Waals surface area contributed by atoms with Crippen molar-refractivity contribution >= 4 is 11.7 Å². The third kappa shape index (κ3) is 2.56. The van der Waals surface area contributed by atoms with Crippen molar-refractivity contribution in [2.75, 3.05) is 18.4 Å². The second-order valence-electron chi connectivity index (χ2n) is 3.91. The average molecular weight is 208 g/mol. The van der Waals surface area contributed by atoms with Crippen LogP contribution in [0.5, 0.6) is 0 Å². The lowest BCUT2D eigenvalue weighted by molar-refractivity contribution is -0.117. The molecule has 0 unspecified atom stereocenters. The van der Waals surface area contributed by atoms with Gasteiger partial charge in [-0.25, -0.2) is 0 Å². The Morgan fingerprint density at radius 3 is 3.00 bits per heavy atom. The maximum absolute atomic E-state index is 11.5. The van der Waals surface area contributed by atoms with Gasteiger partial charge in [0, 0.05) is 18.2 Å². The van der Waals surface area contributed by atoms with E-state index in [1.165, 1.54) is 0 Å². The Morgan fingerprint density at radius 2 is 2.47 bits per heavy atom. The fraction of sp³-hybridized carbons (Fsp3) is 0.600. The summed E-state index contributed by atoms with van der Waals surface area (Å²) < 4.78 is 0. The molecule has 0 bridgehead atoms. The first kappa shape index (κ1) is 10.2. The molecular formula is C10H16N4O. The van der Waals surface area contributed by atoms with Crippen LogP contribution in [0.1, 0.15) is 19.0 Å². The van der Waals surface area contributed by atoms with E-state index in [9.17, 15) is 4.79 Å². The van der Waals surface area contributed by atoms with Crippen molar-refractivity contribution in [3.05, 3.63) is 11.8 Å². The number of hydrogen-bond acceptors (Lipinski definition) is 3. The van der Waals surface area contributed by atoms with Crippen molar-refractivity contribution in [3.8, 4) is 0 Å². The van der Waals surface area contributed by atoms with Gasteiger partial charge in [0.15, 0.2) is 5.82 Å². The molecule has 0 radical (unpaired) electrons. The molecule has 1 amide bonds. The van der Waals surface area contributed by atoms with Crippen LogP contribution in [0.4, 0.5) is 5.82 Å². The van der Waals surface area contributed by atoms with Gasteiger partial charge < -0.3 is 10.6 Å². The minimum atomic E-state index is 0.0515. The van der Waals surface area contributed by atoms with Gasteiger partial charge in [0.1, 0.15) is 0 Å². The smallest absolute Gasteiger partial charge is 0.225 e. The minimum Gasteiger partial charge on any atom is -0.316 e. The number of nitrogens with one attached hydrogen (secondary N) is 3. The van der Waals surface area contributed by atoms with Crippen LogP contribution in [-0.2, 0) is 11.2 Å². The van der Waals surface area contributed by atoms with Crippen LogP contribution in [0.3, 0.4) is 0 Å². The molecule has 2 heterocycles. The number of aromatic nitrogens is 2. The molecule has 0 spiro atoms. The maximum Gasteiger partial charge on any atom is 0.225 e. The molecule has 15 heavy (non-hydrogen) atoms. The van der Waals surface area contributed by atoms with Gasteiger partial charge in [-0.1, -0.05) is 6.92 Å². The maximum atomic E-state index is 11.5. The number of nitrogens with zero attached hydrogens (tertiary/aromatic N) is 1. The molecule has 3 N–H and O–H groups in total. The zero-order valence-corrected chi connectivity index (χ0v) is 8.84. The van der Waals surface area contributed by atoms with Crippen LogP contribution in [0.25, 0.3) is 0 Å². The first-order valence-electron chi connectivity index (χ1n) is 5.32. The number of amides is 1. The van der Waals surface area contributed by atoms with E-state index in [1.807, 2.05) is 13.0 Å². The second-order valence-corrected chi connectivity index (χ2v) is 3.91. The standard InChI is InChI=1S/C10H16N4O/c1-2-8-4-9(14-13-8)12-10(15)3-7-5-11-6-7/h4,7,11H,2-3,5-6H2,1H3,(H2,12,13,14,15). The zero-order valence-electron chi connectivity index (χ0n) is 8.84. The quantitative estimate of drug-likeness (QED) is 0.675. The molecule has 0 atom stereocenters. The van der Waals surface area contributed by atoms with Crippen LogP contribution in [0, 0.1) is 5.92 Å². The topological polar surface area (TPSA) is 69.8 Å². The molecule has 1 aromatic heterocycles. The average Bonchev–Trinajstić information content (AvgIpc) is 2.59. The fourth-order valence-electron chi connectivity index (χ4n) is 1.56. The van der Waals surface area contributed by atoms with Crippen molar-refractivity contribution in [3.63, 3.8) is 0 Å². The van der Waals surface area contributed by atoms with Gasteiger partial charge in [-0.2, -0.15) is 5.10 Å². The molecular weight excluding hydrogens is 192 g/mol. The highest BCUT2D eigenvalue weighted by molar-refractivity contribution is 5.90. The SMILES string of the molecule is CCc1cc(NC(=O)CC2CNC2)n[nH]1. The van der Waals surface area contributed by atoms with Crippen LogP contribution < -0.4 is 10.6 Å². The predicted octanol–water partition coefficient (Wildman–Crippen LogP) is 0.520. The zero-order chi connectivity index (χ0) is 10.7. The Kier molecular flexibility index (Phi) is 3.01. The molecule has 0 aliphatic carbocycles. The van der Waals surface area contributed by atoms with Gasteiger partial charge in [0.05, 0.1) is 0 Å². The number of anilines is 1. The second kappa shape index (κ2) is 4.44. The Labute approximate surface area is 88.6 Å². The lowest BCUT2D eigenvalue weighted by Crippen LogP contribution is -2.43. The number of rotatable bonds is 4. The van der Waals surface area contributed by atoms with Crippen molar-refractivity contribution in [1.29, 1.82) is 0 Å². The molecule has 1 aliphatic heterocycles. The molecule has 1 saturated heterocycles. The molecule has 82 valence electrons. The van der Waals surface area contributed by atoms with Crippen molar-refractivity contribution in [2.24, 2.45) is 5.92 Å². The molecule has 1 aromatic rings. The van der Waals surface area contributed by atoms with Crippen molar-refractivity contribution in [1.82, 2.24) is 15.5 Å². The third-order valence-corrected chi connectivity index (χ3v) is 2.62. The molecule has 0 saturated carbocycles. The van der Waals surface area contributed by atoms with E-state index in [0.717, 1.165) is 25.2 Å². The van der Waals surface area contributed by atoms with Crippen LogP contribution in [-0.4, -0.2) is 29.2 Å². The highest BCUT2D eigenvalue weighted by Gasteiger charge is 2.20. The minimum absolute atomic E-state index is 0.0515. The van der Waals surface area contributed by atoms with Gasteiger partial charge in [-0.15, -0.1) is 0 Å². The Bertz CT molecular complexity index is 343. The number of hydrogen-bond donors (Lipinski definition) is 3. The molecule has 5 nitrogen and oxygen atoms in total. The van der Waals surface area contributed by atoms with Crippen LogP contribution in [0.15, 0.2) is 6.07 Å². The largest absolute Gasteiger partial charge is 0.316 e. The summed E-state index contributed by atoms with van der Waals surface area (Å²) in [6, 6.07) is 1.87. The van der Waals surface area contributed by atoms with Gasteiger partial charge in [0.25, 0.3) is 0 Å². The number of carbonyl (C=O) groups is 1. The summed E-state index contributed by atoms with van der Waals surface area (Å²) in [6.45, 7) is 3.95. The lowest BCUT2D eigenvalue weighted by atomic mass is 9.99. The number of aromatic amines is 1. The summed E-state index contributed by atoms with van der Waals surface area (Å²) >= 11 is 0.